The van der Waals surface area contributed by atoms with Gasteiger partial charge in [-0.25, -0.2) is 0 Å². The number of aryl methyl sites for hydroxylation is 3. The summed E-state index contributed by atoms with van der Waals surface area (Å²) < 4.78 is 0. The summed E-state index contributed by atoms with van der Waals surface area (Å²) in [7, 11) is 0. The molecule has 0 nitrogen and oxygen atoms in total. The lowest BCUT2D eigenvalue weighted by atomic mass is 9.88. The van der Waals surface area contributed by atoms with Gasteiger partial charge in [-0.15, -0.1) is 0 Å². The van der Waals surface area contributed by atoms with E-state index in [2.05, 4.69) is 205 Å². The summed E-state index contributed by atoms with van der Waals surface area (Å²) in [6.45, 7) is 15.0. The van der Waals surface area contributed by atoms with Gasteiger partial charge in [-0.1, -0.05) is 187 Å². The van der Waals surface area contributed by atoms with E-state index in [1.54, 1.807) is 0 Å². The molecule has 0 aromatic heterocycles. The summed E-state index contributed by atoms with van der Waals surface area (Å²) in [6.07, 6.45) is 14.2. The first-order valence-electron chi connectivity index (χ1n) is 19.2. The van der Waals surface area contributed by atoms with E-state index in [-0.39, 0.29) is 0 Å². The molecule has 54 heavy (non-hydrogen) atoms. The molecule has 0 saturated heterocycles. The van der Waals surface area contributed by atoms with Crippen LogP contribution in [0.1, 0.15) is 60.1 Å². The molecule has 0 heteroatoms. The predicted molar refractivity (Wildman–Crippen MR) is 236 cm³/mol. The molecule has 8 rings (SSSR count). The van der Waals surface area contributed by atoms with Crippen LogP contribution in [0.25, 0.3) is 44.5 Å². The second-order valence-electron chi connectivity index (χ2n) is 14.4. The zero-order valence-electron chi connectivity index (χ0n) is 32.6. The van der Waals surface area contributed by atoms with Crippen LogP contribution in [0, 0.1) is 20.8 Å². The van der Waals surface area contributed by atoms with Crippen LogP contribution in [0.5, 0.6) is 0 Å². The maximum absolute atomic E-state index is 4.28. The van der Waals surface area contributed by atoms with Gasteiger partial charge in [0.25, 0.3) is 0 Å². The summed E-state index contributed by atoms with van der Waals surface area (Å²) in [4.78, 5) is 0. The SMILES string of the molecule is C=C1Cc2ccc(-c3ccc(C)c(C4=C(C)CCC=C4)c3)cc2/C1=C/C=C\C.Cc1ccc(-c2ccccc2)cc1.Cc1cccc(-c2ccccc2)c1. The first-order valence-corrected chi connectivity index (χ1v) is 19.2. The summed E-state index contributed by atoms with van der Waals surface area (Å²) in [5, 5.41) is 0. The Morgan fingerprint density at radius 1 is 0.537 bits per heavy atom. The van der Waals surface area contributed by atoms with Crippen molar-refractivity contribution in [3.63, 3.8) is 0 Å². The monoisotopic (exact) mass is 700 g/mol. The Hall–Kier alpha value is -5.98. The van der Waals surface area contributed by atoms with Gasteiger partial charge >= 0.3 is 0 Å². The first-order chi connectivity index (χ1) is 26.3. The van der Waals surface area contributed by atoms with Crippen molar-refractivity contribution in [3.8, 4) is 33.4 Å². The fourth-order valence-corrected chi connectivity index (χ4v) is 7.10. The van der Waals surface area contributed by atoms with E-state index >= 15 is 0 Å². The highest BCUT2D eigenvalue weighted by atomic mass is 14.2. The van der Waals surface area contributed by atoms with Crippen LogP contribution in [-0.4, -0.2) is 0 Å². The van der Waals surface area contributed by atoms with Crippen molar-refractivity contribution in [2.45, 2.75) is 53.9 Å². The molecule has 6 aromatic rings. The molecule has 0 radical (unpaired) electrons. The van der Waals surface area contributed by atoms with Crippen LogP contribution in [-0.2, 0) is 6.42 Å². The van der Waals surface area contributed by atoms with Crippen molar-refractivity contribution >= 4 is 11.1 Å². The third kappa shape index (κ3) is 9.51. The van der Waals surface area contributed by atoms with Gasteiger partial charge < -0.3 is 0 Å². The molecule has 0 bridgehead atoms. The Morgan fingerprint density at radius 3 is 1.76 bits per heavy atom. The van der Waals surface area contributed by atoms with Crippen molar-refractivity contribution in [3.05, 3.63) is 227 Å². The molecule has 0 atom stereocenters. The number of hydrogen-bond donors (Lipinski definition) is 0. The summed E-state index contributed by atoms with van der Waals surface area (Å²) >= 11 is 0. The quantitative estimate of drug-likeness (QED) is 0.168. The standard InChI is InChI=1S/C28H28.2C13H12/c1-5-6-10-26-21(4)16-24-15-14-23(18-28(24)26)22-13-12-20(3)27(17-22)25-11-8-7-9-19(25)2;1-11-6-5-9-13(10-11)12-7-3-2-4-8-12;1-11-7-9-13(10-8-11)12-5-3-2-4-6-12/h5-6,8,10-15,17-18H,4,7,9,16H2,1-3H3;2*2-10H,1H3/b6-5-,26-10+;;. The molecule has 268 valence electrons. The fraction of sp³-hybridized carbons (Fsp3) is 0.148. The van der Waals surface area contributed by atoms with Gasteiger partial charge in [0.15, 0.2) is 0 Å². The topological polar surface area (TPSA) is 0 Å². The highest BCUT2D eigenvalue weighted by Crippen LogP contribution is 2.39. The van der Waals surface area contributed by atoms with Gasteiger partial charge in [-0.2, -0.15) is 0 Å². The van der Waals surface area contributed by atoms with Crippen LogP contribution in [0.2, 0.25) is 0 Å². The molecular weight excluding hydrogens is 649 g/mol. The Kier molecular flexibility index (Phi) is 12.7. The number of hydrogen-bond acceptors (Lipinski definition) is 0. The number of fused-ring (bicyclic) bond motifs is 1. The first kappa shape index (κ1) is 37.8. The predicted octanol–water partition coefficient (Wildman–Crippen LogP) is 15.2. The molecule has 0 heterocycles. The van der Waals surface area contributed by atoms with Crippen molar-refractivity contribution < 1.29 is 0 Å². The second kappa shape index (κ2) is 18.2. The van der Waals surface area contributed by atoms with E-state index in [9.17, 15) is 0 Å². The lowest BCUT2D eigenvalue weighted by molar-refractivity contribution is 0.967. The highest BCUT2D eigenvalue weighted by molar-refractivity contribution is 5.89. The van der Waals surface area contributed by atoms with E-state index in [4.69, 9.17) is 0 Å². The molecular formula is C54H52. The van der Waals surface area contributed by atoms with Crippen molar-refractivity contribution in [2.24, 2.45) is 0 Å². The van der Waals surface area contributed by atoms with Crippen LogP contribution < -0.4 is 0 Å². The van der Waals surface area contributed by atoms with Gasteiger partial charge in [0.2, 0.25) is 0 Å². The molecule has 2 aliphatic carbocycles. The Balaban J connectivity index is 0.000000158. The average Bonchev–Trinajstić information content (AvgIpc) is 3.52. The number of benzene rings is 6. The van der Waals surface area contributed by atoms with Crippen LogP contribution in [0.3, 0.4) is 0 Å². The van der Waals surface area contributed by atoms with Crippen LogP contribution in [0.4, 0.5) is 0 Å². The molecule has 0 aliphatic heterocycles. The van der Waals surface area contributed by atoms with Gasteiger partial charge in [0.1, 0.15) is 0 Å². The zero-order chi connectivity index (χ0) is 37.9. The van der Waals surface area contributed by atoms with Gasteiger partial charge in [0, 0.05) is 0 Å². The van der Waals surface area contributed by atoms with E-state index in [0.29, 0.717) is 0 Å². The number of allylic oxidation sites excluding steroid dienone is 9. The molecule has 0 amide bonds. The summed E-state index contributed by atoms with van der Waals surface area (Å²) in [5.74, 6) is 0. The highest BCUT2D eigenvalue weighted by Gasteiger charge is 2.20. The maximum Gasteiger partial charge on any atom is -0.00193 e. The minimum Gasteiger partial charge on any atom is -0.0949 e. The lowest BCUT2D eigenvalue weighted by Crippen LogP contribution is -1.95. The minimum absolute atomic E-state index is 0.953. The van der Waals surface area contributed by atoms with Crippen molar-refractivity contribution in [1.29, 1.82) is 0 Å². The normalized spacial score (nSPS) is 14.0. The molecule has 2 aliphatic rings. The fourth-order valence-electron chi connectivity index (χ4n) is 7.10. The average molecular weight is 701 g/mol. The van der Waals surface area contributed by atoms with Crippen LogP contribution >= 0.6 is 0 Å². The zero-order valence-corrected chi connectivity index (χ0v) is 32.6. The van der Waals surface area contributed by atoms with E-state index in [0.717, 1.165) is 19.3 Å². The van der Waals surface area contributed by atoms with Gasteiger partial charge in [0.05, 0.1) is 0 Å². The molecule has 0 saturated carbocycles. The van der Waals surface area contributed by atoms with E-state index in [1.165, 1.54) is 89.1 Å². The van der Waals surface area contributed by atoms with Gasteiger partial charge in [-0.05, 0) is 138 Å². The third-order valence-electron chi connectivity index (χ3n) is 10.2. The molecule has 0 N–H and O–H groups in total. The van der Waals surface area contributed by atoms with Crippen molar-refractivity contribution in [1.82, 2.24) is 0 Å². The minimum atomic E-state index is 0.953. The Bertz CT molecular complexity index is 2320. The van der Waals surface area contributed by atoms with Crippen molar-refractivity contribution in [2.75, 3.05) is 0 Å². The summed E-state index contributed by atoms with van der Waals surface area (Å²) in [5.41, 5.74) is 21.1. The molecule has 6 aromatic carbocycles. The third-order valence-corrected chi connectivity index (χ3v) is 10.2. The van der Waals surface area contributed by atoms with E-state index in [1.807, 2.05) is 12.1 Å². The molecule has 0 fully saturated rings. The molecule has 0 spiro atoms. The van der Waals surface area contributed by atoms with Crippen LogP contribution in [0.15, 0.2) is 194 Å². The largest absolute Gasteiger partial charge is 0.0949 e. The van der Waals surface area contributed by atoms with Gasteiger partial charge in [-0.3, -0.25) is 0 Å². The smallest absolute Gasteiger partial charge is 0.00193 e. The summed E-state index contributed by atoms with van der Waals surface area (Å²) in [6, 6.07) is 51.8. The molecule has 0 unspecified atom stereocenters. The number of rotatable bonds is 5. The Morgan fingerprint density at radius 2 is 1.11 bits per heavy atom. The second-order valence-corrected chi connectivity index (χ2v) is 14.4. The maximum atomic E-state index is 4.28. The lowest BCUT2D eigenvalue weighted by Gasteiger charge is -2.16. The Labute approximate surface area is 324 Å². The van der Waals surface area contributed by atoms with E-state index < -0.39 is 0 Å².